The monoisotopic (exact) mass is 427 g/mol. The number of nitrogens with one attached hydrogen (secondary N) is 1. The van der Waals surface area contributed by atoms with Gasteiger partial charge in [0.2, 0.25) is 11.7 Å². The van der Waals surface area contributed by atoms with Crippen LogP contribution in [0.4, 0.5) is 5.69 Å². The number of thiophene rings is 1. The smallest absolute Gasteiger partial charge is 0.272 e. The number of nitrogens with zero attached hydrogens (tertiary/aromatic N) is 4. The molecule has 1 aromatic carbocycles. The lowest BCUT2D eigenvalue weighted by atomic mass is 10.1. The van der Waals surface area contributed by atoms with Crippen molar-refractivity contribution in [3.05, 3.63) is 51.6 Å². The highest BCUT2D eigenvalue weighted by Crippen LogP contribution is 2.25. The number of benzene rings is 1. The zero-order valence-corrected chi connectivity index (χ0v) is 17.8. The van der Waals surface area contributed by atoms with E-state index < -0.39 is 0 Å². The molecule has 150 valence electrons. The van der Waals surface area contributed by atoms with E-state index in [-0.39, 0.29) is 17.2 Å². The maximum absolute atomic E-state index is 12.8. The Labute approximate surface area is 175 Å². The van der Waals surface area contributed by atoms with Gasteiger partial charge in [-0.1, -0.05) is 43.8 Å². The molecule has 0 fully saturated rings. The second kappa shape index (κ2) is 8.38. The molecule has 0 bridgehead atoms. The quantitative estimate of drug-likeness (QED) is 0.454. The molecule has 4 rings (SSSR count). The molecule has 0 aliphatic carbocycles. The number of hydrogen-bond acceptors (Lipinski definition) is 6. The maximum atomic E-state index is 12.8. The second-order valence-corrected chi connectivity index (χ2v) is 8.42. The summed E-state index contributed by atoms with van der Waals surface area (Å²) in [5.41, 5.74) is 2.68. The van der Waals surface area contributed by atoms with Crippen LogP contribution in [0, 0.1) is 0 Å². The van der Waals surface area contributed by atoms with E-state index in [1.807, 2.05) is 47.0 Å². The average molecular weight is 428 g/mol. The molecule has 3 aromatic heterocycles. The van der Waals surface area contributed by atoms with Crippen molar-refractivity contribution in [1.82, 2.24) is 19.2 Å². The normalized spacial score (nSPS) is 11.4. The van der Waals surface area contributed by atoms with Crippen molar-refractivity contribution in [3.63, 3.8) is 0 Å². The van der Waals surface area contributed by atoms with Crippen LogP contribution < -0.4 is 10.9 Å². The van der Waals surface area contributed by atoms with Gasteiger partial charge in [-0.05, 0) is 35.9 Å². The van der Waals surface area contributed by atoms with Gasteiger partial charge in [-0.15, -0.1) is 21.5 Å². The second-order valence-electron chi connectivity index (χ2n) is 6.56. The van der Waals surface area contributed by atoms with Gasteiger partial charge in [-0.3, -0.25) is 18.6 Å². The predicted molar refractivity (Wildman–Crippen MR) is 118 cm³/mol. The summed E-state index contributed by atoms with van der Waals surface area (Å²) in [6, 6.07) is 9.69. The molecule has 1 N–H and O–H groups in total. The number of carbonyl (C=O) groups is 1. The van der Waals surface area contributed by atoms with Crippen molar-refractivity contribution < 1.29 is 4.79 Å². The van der Waals surface area contributed by atoms with E-state index in [4.69, 9.17) is 0 Å². The summed E-state index contributed by atoms with van der Waals surface area (Å²) in [6.07, 6.45) is 1.67. The fourth-order valence-electron chi connectivity index (χ4n) is 3.29. The van der Waals surface area contributed by atoms with Crippen molar-refractivity contribution in [2.24, 2.45) is 0 Å². The lowest BCUT2D eigenvalue weighted by Gasteiger charge is -2.10. The van der Waals surface area contributed by atoms with E-state index in [2.05, 4.69) is 22.4 Å². The van der Waals surface area contributed by atoms with Crippen LogP contribution in [0.2, 0.25) is 0 Å². The van der Waals surface area contributed by atoms with Crippen LogP contribution >= 0.6 is 23.1 Å². The van der Waals surface area contributed by atoms with Crippen LogP contribution in [0.1, 0.15) is 25.8 Å². The van der Waals surface area contributed by atoms with E-state index in [0.29, 0.717) is 22.2 Å². The standard InChI is InChI=1S/C20H21N5O2S2/c1-3-10-24-18(27)17-15(9-11-28-17)25-19(24)22-23-20(25)29-12-16(26)21-14-8-6-5-7-13(14)4-2/h5-9,11H,3-4,10,12H2,1-2H3,(H,21,26). The van der Waals surface area contributed by atoms with E-state index >= 15 is 0 Å². The topological polar surface area (TPSA) is 81.3 Å². The van der Waals surface area contributed by atoms with Crippen molar-refractivity contribution in [2.45, 2.75) is 38.4 Å². The minimum atomic E-state index is -0.101. The highest BCUT2D eigenvalue weighted by Gasteiger charge is 2.18. The molecule has 0 spiro atoms. The molecule has 7 nitrogen and oxygen atoms in total. The summed E-state index contributed by atoms with van der Waals surface area (Å²) in [5, 5.41) is 14.0. The molecule has 0 atom stereocenters. The number of anilines is 1. The van der Waals surface area contributed by atoms with E-state index in [9.17, 15) is 9.59 Å². The Morgan fingerprint density at radius 2 is 2.03 bits per heavy atom. The van der Waals surface area contributed by atoms with Crippen molar-refractivity contribution in [3.8, 4) is 0 Å². The molecule has 0 saturated heterocycles. The first-order valence-electron chi connectivity index (χ1n) is 9.49. The molecule has 1 amide bonds. The molecule has 29 heavy (non-hydrogen) atoms. The third-order valence-corrected chi connectivity index (χ3v) is 6.45. The van der Waals surface area contributed by atoms with Gasteiger partial charge in [0.1, 0.15) is 4.70 Å². The average Bonchev–Trinajstić information content (AvgIpc) is 3.37. The summed E-state index contributed by atoms with van der Waals surface area (Å²) in [4.78, 5) is 25.3. The molecule has 4 aromatic rings. The number of thioether (sulfide) groups is 1. The van der Waals surface area contributed by atoms with Gasteiger partial charge in [0.25, 0.3) is 5.56 Å². The Kier molecular flexibility index (Phi) is 5.68. The molecule has 3 heterocycles. The van der Waals surface area contributed by atoms with Crippen molar-refractivity contribution in [1.29, 1.82) is 0 Å². The van der Waals surface area contributed by atoms with Gasteiger partial charge in [0.15, 0.2) is 5.16 Å². The predicted octanol–water partition coefficient (Wildman–Crippen LogP) is 3.81. The minimum Gasteiger partial charge on any atom is -0.325 e. The SMILES string of the molecule is CCCn1c(=O)c2sccc2n2c(SCC(=O)Nc3ccccc3CC)nnc12. The number of hydrogen-bond donors (Lipinski definition) is 1. The Morgan fingerprint density at radius 3 is 2.83 bits per heavy atom. The third kappa shape index (κ3) is 3.67. The summed E-state index contributed by atoms with van der Waals surface area (Å²) < 4.78 is 4.21. The lowest BCUT2D eigenvalue weighted by Crippen LogP contribution is -2.22. The van der Waals surface area contributed by atoms with Crippen LogP contribution in [0.3, 0.4) is 0 Å². The molecule has 0 saturated carbocycles. The Morgan fingerprint density at radius 1 is 1.21 bits per heavy atom. The van der Waals surface area contributed by atoms with E-state index in [1.54, 1.807) is 4.57 Å². The zero-order valence-electron chi connectivity index (χ0n) is 16.2. The molecule has 0 aliphatic heterocycles. The largest absolute Gasteiger partial charge is 0.325 e. The van der Waals surface area contributed by atoms with Crippen LogP contribution in [0.25, 0.3) is 16.0 Å². The summed E-state index contributed by atoms with van der Waals surface area (Å²) >= 11 is 2.73. The van der Waals surface area contributed by atoms with Crippen LogP contribution in [0.15, 0.2) is 45.7 Å². The van der Waals surface area contributed by atoms with Gasteiger partial charge in [0, 0.05) is 12.2 Å². The highest BCUT2D eigenvalue weighted by molar-refractivity contribution is 7.99. The summed E-state index contributed by atoms with van der Waals surface area (Å²) in [5.74, 6) is 0.621. The maximum Gasteiger partial charge on any atom is 0.272 e. The van der Waals surface area contributed by atoms with Gasteiger partial charge in [0.05, 0.1) is 11.3 Å². The minimum absolute atomic E-state index is 0.0396. The number of fused-ring (bicyclic) bond motifs is 3. The highest BCUT2D eigenvalue weighted by atomic mass is 32.2. The van der Waals surface area contributed by atoms with Crippen molar-refractivity contribution in [2.75, 3.05) is 11.1 Å². The number of carbonyl (C=O) groups excluding carboxylic acids is 1. The molecule has 0 unspecified atom stereocenters. The van der Waals surface area contributed by atoms with Crippen molar-refractivity contribution >= 4 is 50.7 Å². The first-order valence-corrected chi connectivity index (χ1v) is 11.4. The summed E-state index contributed by atoms with van der Waals surface area (Å²) in [6.45, 7) is 4.66. The third-order valence-electron chi connectivity index (χ3n) is 4.63. The van der Waals surface area contributed by atoms with Crippen LogP contribution in [-0.2, 0) is 17.8 Å². The number of amides is 1. The number of aromatic nitrogens is 4. The number of rotatable bonds is 7. The van der Waals surface area contributed by atoms with Gasteiger partial charge < -0.3 is 5.32 Å². The lowest BCUT2D eigenvalue weighted by molar-refractivity contribution is -0.113. The van der Waals surface area contributed by atoms with E-state index in [1.165, 1.54) is 23.1 Å². The number of aryl methyl sites for hydroxylation is 2. The van der Waals surface area contributed by atoms with Gasteiger partial charge >= 0.3 is 0 Å². The van der Waals surface area contributed by atoms with Crippen LogP contribution in [0.5, 0.6) is 0 Å². The molecule has 0 aliphatic rings. The summed E-state index contributed by atoms with van der Waals surface area (Å²) in [7, 11) is 0. The fraction of sp³-hybridized carbons (Fsp3) is 0.300. The molecular weight excluding hydrogens is 406 g/mol. The Bertz CT molecular complexity index is 1240. The Hall–Kier alpha value is -2.65. The van der Waals surface area contributed by atoms with Crippen LogP contribution in [-0.4, -0.2) is 30.8 Å². The molecular formula is C20H21N5O2S2. The zero-order chi connectivity index (χ0) is 20.4. The first kappa shape index (κ1) is 19.7. The Balaban J connectivity index is 1.62. The van der Waals surface area contributed by atoms with Gasteiger partial charge in [-0.25, -0.2) is 0 Å². The molecule has 9 heteroatoms. The molecule has 0 radical (unpaired) electrons. The van der Waals surface area contributed by atoms with Gasteiger partial charge in [-0.2, -0.15) is 0 Å². The number of para-hydroxylation sites is 1. The fourth-order valence-corrected chi connectivity index (χ4v) is 4.85. The first-order chi connectivity index (χ1) is 14.1. The van der Waals surface area contributed by atoms with E-state index in [0.717, 1.165) is 29.6 Å².